The molecule has 2 aromatic carbocycles. The Morgan fingerprint density at radius 3 is 2.67 bits per heavy atom. The van der Waals surface area contributed by atoms with Crippen LogP contribution in [0.1, 0.15) is 42.4 Å². The molecule has 0 aliphatic carbocycles. The number of carbonyl (C=O) groups is 1. The van der Waals surface area contributed by atoms with E-state index in [0.29, 0.717) is 18.2 Å². The Morgan fingerprint density at radius 1 is 1.15 bits per heavy atom. The lowest BCUT2D eigenvalue weighted by atomic mass is 10.1. The Labute approximate surface area is 190 Å². The van der Waals surface area contributed by atoms with Crippen molar-refractivity contribution in [3.05, 3.63) is 88.2 Å². The summed E-state index contributed by atoms with van der Waals surface area (Å²) >= 11 is 0. The van der Waals surface area contributed by atoms with Crippen molar-refractivity contribution in [2.75, 3.05) is 10.6 Å². The van der Waals surface area contributed by atoms with Gasteiger partial charge in [0.25, 0.3) is 11.6 Å². The minimum absolute atomic E-state index is 0.174. The number of hydrogen-bond donors (Lipinski definition) is 2. The summed E-state index contributed by atoms with van der Waals surface area (Å²) in [5.41, 5.74) is 2.75. The van der Waals surface area contributed by atoms with Crippen LogP contribution in [0.5, 0.6) is 0 Å². The third kappa shape index (κ3) is 4.67. The largest absolute Gasteiger partial charge is 0.371 e. The number of hydrogen-bond acceptors (Lipinski definition) is 6. The summed E-state index contributed by atoms with van der Waals surface area (Å²) in [5, 5.41) is 17.7. The number of para-hydroxylation sites is 2. The van der Waals surface area contributed by atoms with Gasteiger partial charge in [0, 0.05) is 24.4 Å². The lowest BCUT2D eigenvalue weighted by Gasteiger charge is -2.15. The molecule has 2 N–H and O–H groups in total. The summed E-state index contributed by atoms with van der Waals surface area (Å²) < 4.78 is 1.94. The lowest BCUT2D eigenvalue weighted by molar-refractivity contribution is -0.384. The van der Waals surface area contributed by atoms with Crippen molar-refractivity contribution in [2.45, 2.75) is 32.9 Å². The van der Waals surface area contributed by atoms with Gasteiger partial charge in [0.2, 0.25) is 5.95 Å². The molecule has 0 bridgehead atoms. The van der Waals surface area contributed by atoms with Crippen LogP contribution in [0.4, 0.5) is 17.3 Å². The Hall–Kier alpha value is -4.27. The van der Waals surface area contributed by atoms with Crippen molar-refractivity contribution in [1.82, 2.24) is 14.5 Å². The fraction of sp³-hybridized carbons (Fsp3) is 0.208. The number of fused-ring (bicyclic) bond motifs is 1. The fourth-order valence-corrected chi connectivity index (χ4v) is 3.68. The summed E-state index contributed by atoms with van der Waals surface area (Å²) in [5.74, 6) is -0.0493. The number of nitrogens with zero attached hydrogens (tertiary/aromatic N) is 4. The normalized spacial score (nSPS) is 11.8. The predicted octanol–water partition coefficient (Wildman–Crippen LogP) is 5.17. The van der Waals surface area contributed by atoms with Gasteiger partial charge in [-0.3, -0.25) is 25.2 Å². The molecule has 1 atom stereocenters. The number of nitro groups is 1. The maximum absolute atomic E-state index is 13.0. The van der Waals surface area contributed by atoms with E-state index in [-0.39, 0.29) is 17.3 Å². The standard InChI is InChI=1S/C24H24N6O3/c1-3-14-29-21-10-5-4-9-19(21)27-24(29)28-23(31)17-11-12-20(22(15-17)30(32)33)26-16(2)18-8-6-7-13-25-18/h4-13,15-16,26H,3,14H2,1-2H3,(H,27,28,31). The molecule has 0 radical (unpaired) electrons. The van der Waals surface area contributed by atoms with Gasteiger partial charge in [0.1, 0.15) is 5.69 Å². The smallest absolute Gasteiger partial charge is 0.293 e. The van der Waals surface area contributed by atoms with Crippen molar-refractivity contribution in [3.8, 4) is 0 Å². The van der Waals surface area contributed by atoms with E-state index in [4.69, 9.17) is 0 Å². The van der Waals surface area contributed by atoms with E-state index in [9.17, 15) is 14.9 Å². The highest BCUT2D eigenvalue weighted by molar-refractivity contribution is 6.05. The van der Waals surface area contributed by atoms with Crippen LogP contribution in [0.25, 0.3) is 11.0 Å². The van der Waals surface area contributed by atoms with Crippen LogP contribution in [0.3, 0.4) is 0 Å². The van der Waals surface area contributed by atoms with Gasteiger partial charge in [-0.05, 0) is 49.7 Å². The molecule has 4 aromatic rings. The van der Waals surface area contributed by atoms with Crippen molar-refractivity contribution in [2.24, 2.45) is 0 Å². The number of benzene rings is 2. The summed E-state index contributed by atoms with van der Waals surface area (Å²) in [7, 11) is 0. The van der Waals surface area contributed by atoms with Crippen LogP contribution in [0.2, 0.25) is 0 Å². The second-order valence-electron chi connectivity index (χ2n) is 7.64. The highest BCUT2D eigenvalue weighted by atomic mass is 16.6. The molecule has 168 valence electrons. The summed E-state index contributed by atoms with van der Waals surface area (Å²) in [4.78, 5) is 33.0. The van der Waals surface area contributed by atoms with Crippen molar-refractivity contribution >= 4 is 34.3 Å². The molecule has 0 aliphatic heterocycles. The maximum Gasteiger partial charge on any atom is 0.293 e. The highest BCUT2D eigenvalue weighted by Crippen LogP contribution is 2.29. The molecule has 1 unspecified atom stereocenters. The molecule has 33 heavy (non-hydrogen) atoms. The van der Waals surface area contributed by atoms with Crippen LogP contribution in [-0.2, 0) is 6.54 Å². The Morgan fingerprint density at radius 2 is 1.94 bits per heavy atom. The Bertz CT molecular complexity index is 1300. The molecular weight excluding hydrogens is 420 g/mol. The van der Waals surface area contributed by atoms with E-state index < -0.39 is 10.8 Å². The summed E-state index contributed by atoms with van der Waals surface area (Å²) in [6.07, 6.45) is 2.53. The Kier molecular flexibility index (Phi) is 6.30. The number of amides is 1. The van der Waals surface area contributed by atoms with E-state index in [2.05, 4.69) is 20.6 Å². The second kappa shape index (κ2) is 9.47. The molecule has 2 aromatic heterocycles. The van der Waals surface area contributed by atoms with Gasteiger partial charge in [0.05, 0.1) is 27.7 Å². The number of imidazole rings is 1. The number of aromatic nitrogens is 3. The maximum atomic E-state index is 13.0. The average molecular weight is 444 g/mol. The van der Waals surface area contributed by atoms with Crippen LogP contribution in [0.15, 0.2) is 66.9 Å². The lowest BCUT2D eigenvalue weighted by Crippen LogP contribution is -2.17. The molecule has 0 saturated heterocycles. The molecule has 0 saturated carbocycles. The third-order valence-electron chi connectivity index (χ3n) is 5.29. The molecule has 1 amide bonds. The number of pyridine rings is 1. The van der Waals surface area contributed by atoms with E-state index in [1.807, 2.05) is 54.8 Å². The first kappa shape index (κ1) is 21.9. The van der Waals surface area contributed by atoms with Gasteiger partial charge in [-0.15, -0.1) is 0 Å². The van der Waals surface area contributed by atoms with Crippen molar-refractivity contribution in [3.63, 3.8) is 0 Å². The van der Waals surface area contributed by atoms with E-state index in [0.717, 1.165) is 23.1 Å². The fourth-order valence-electron chi connectivity index (χ4n) is 3.68. The van der Waals surface area contributed by atoms with E-state index in [1.54, 1.807) is 24.4 Å². The first-order chi connectivity index (χ1) is 16.0. The average Bonchev–Trinajstić information content (AvgIpc) is 3.16. The van der Waals surface area contributed by atoms with E-state index in [1.165, 1.54) is 6.07 Å². The van der Waals surface area contributed by atoms with Crippen LogP contribution < -0.4 is 10.6 Å². The number of nitrogens with one attached hydrogen (secondary N) is 2. The predicted molar refractivity (Wildman–Crippen MR) is 127 cm³/mol. The first-order valence-electron chi connectivity index (χ1n) is 10.7. The zero-order valence-electron chi connectivity index (χ0n) is 18.4. The van der Waals surface area contributed by atoms with Crippen molar-refractivity contribution in [1.29, 1.82) is 0 Å². The van der Waals surface area contributed by atoms with E-state index >= 15 is 0 Å². The third-order valence-corrected chi connectivity index (χ3v) is 5.29. The SMILES string of the molecule is CCCn1c(NC(=O)c2ccc(NC(C)c3ccccn3)c([N+](=O)[O-])c2)nc2ccccc21. The number of carbonyl (C=O) groups excluding carboxylic acids is 1. The van der Waals surface area contributed by atoms with Gasteiger partial charge < -0.3 is 9.88 Å². The molecule has 0 aliphatic rings. The van der Waals surface area contributed by atoms with Gasteiger partial charge in [-0.25, -0.2) is 4.98 Å². The quantitative estimate of drug-likeness (QED) is 0.286. The number of nitro benzene ring substituents is 1. The van der Waals surface area contributed by atoms with Gasteiger partial charge in [0.15, 0.2) is 0 Å². The minimum atomic E-state index is -0.503. The summed E-state index contributed by atoms with van der Waals surface area (Å²) in [6, 6.07) is 17.3. The topological polar surface area (TPSA) is 115 Å². The summed E-state index contributed by atoms with van der Waals surface area (Å²) in [6.45, 7) is 4.59. The first-order valence-corrected chi connectivity index (χ1v) is 10.7. The number of rotatable bonds is 8. The van der Waals surface area contributed by atoms with Crippen molar-refractivity contribution < 1.29 is 9.72 Å². The monoisotopic (exact) mass is 444 g/mol. The molecule has 9 nitrogen and oxygen atoms in total. The molecule has 0 spiro atoms. The van der Waals surface area contributed by atoms with Gasteiger partial charge in [-0.2, -0.15) is 0 Å². The van der Waals surface area contributed by atoms with Gasteiger partial charge in [-0.1, -0.05) is 25.1 Å². The number of aryl methyl sites for hydroxylation is 1. The Balaban J connectivity index is 1.60. The van der Waals surface area contributed by atoms with Crippen LogP contribution in [0, 0.1) is 10.1 Å². The zero-order chi connectivity index (χ0) is 23.4. The molecule has 4 rings (SSSR count). The zero-order valence-corrected chi connectivity index (χ0v) is 18.4. The molecule has 0 fully saturated rings. The molecule has 9 heteroatoms. The minimum Gasteiger partial charge on any atom is -0.371 e. The molecule has 2 heterocycles. The van der Waals surface area contributed by atoms with Crippen LogP contribution in [-0.4, -0.2) is 25.4 Å². The molecular formula is C24H24N6O3. The second-order valence-corrected chi connectivity index (χ2v) is 7.64. The van der Waals surface area contributed by atoms with Gasteiger partial charge >= 0.3 is 0 Å². The highest BCUT2D eigenvalue weighted by Gasteiger charge is 2.21. The van der Waals surface area contributed by atoms with Crippen LogP contribution >= 0.6 is 0 Å². The number of anilines is 2.